The highest BCUT2D eigenvalue weighted by atomic mass is 15.2. The lowest BCUT2D eigenvalue weighted by Crippen LogP contribution is -2.29. The van der Waals surface area contributed by atoms with E-state index < -0.39 is 0 Å². The zero-order chi connectivity index (χ0) is 12.3. The molecule has 1 atom stereocenters. The molecule has 1 aromatic carbocycles. The number of aryl methyl sites for hydroxylation is 2. The molecule has 0 aliphatic carbocycles. The van der Waals surface area contributed by atoms with Gasteiger partial charge in [0.15, 0.2) is 0 Å². The fourth-order valence-corrected chi connectivity index (χ4v) is 1.97. The van der Waals surface area contributed by atoms with Crippen LogP contribution in [-0.2, 0) is 0 Å². The number of nitrogens with one attached hydrogen (secondary N) is 1. The Morgan fingerprint density at radius 3 is 2.47 bits per heavy atom. The Morgan fingerprint density at radius 2 is 1.88 bits per heavy atom. The quantitative estimate of drug-likeness (QED) is 0.619. The zero-order valence-electron chi connectivity index (χ0n) is 10.0. The minimum atomic E-state index is -0.0724. The van der Waals surface area contributed by atoms with Crippen LogP contribution in [0.25, 0.3) is 0 Å². The Kier molecular flexibility index (Phi) is 3.46. The standard InChI is InChI=1S/C13H16N4/c1-9-3-4-12(10(2)5-9)13(17-14)11-6-15-8-16-7-11/h3-8,13,17H,14H2,1-2H3. The summed E-state index contributed by atoms with van der Waals surface area (Å²) in [5, 5.41) is 0. The lowest BCUT2D eigenvalue weighted by molar-refractivity contribution is 0.628. The highest BCUT2D eigenvalue weighted by Gasteiger charge is 2.14. The Morgan fingerprint density at radius 1 is 1.18 bits per heavy atom. The van der Waals surface area contributed by atoms with Gasteiger partial charge in [0.25, 0.3) is 0 Å². The van der Waals surface area contributed by atoms with Crippen LogP contribution in [-0.4, -0.2) is 9.97 Å². The zero-order valence-corrected chi connectivity index (χ0v) is 10.0. The number of hydrogen-bond acceptors (Lipinski definition) is 4. The molecule has 88 valence electrons. The van der Waals surface area contributed by atoms with E-state index in [9.17, 15) is 0 Å². The van der Waals surface area contributed by atoms with E-state index in [1.807, 2.05) is 0 Å². The molecule has 0 bridgehead atoms. The van der Waals surface area contributed by atoms with Crippen molar-refractivity contribution in [2.24, 2.45) is 5.84 Å². The van der Waals surface area contributed by atoms with Gasteiger partial charge in [-0.3, -0.25) is 5.84 Å². The van der Waals surface area contributed by atoms with E-state index >= 15 is 0 Å². The van der Waals surface area contributed by atoms with Crippen molar-refractivity contribution in [1.82, 2.24) is 15.4 Å². The van der Waals surface area contributed by atoms with Gasteiger partial charge < -0.3 is 0 Å². The van der Waals surface area contributed by atoms with E-state index in [2.05, 4.69) is 47.4 Å². The minimum absolute atomic E-state index is 0.0724. The van der Waals surface area contributed by atoms with Gasteiger partial charge in [0.05, 0.1) is 6.04 Å². The van der Waals surface area contributed by atoms with Gasteiger partial charge in [-0.05, 0) is 25.0 Å². The van der Waals surface area contributed by atoms with Crippen molar-refractivity contribution < 1.29 is 0 Å². The van der Waals surface area contributed by atoms with Gasteiger partial charge in [-0.2, -0.15) is 0 Å². The van der Waals surface area contributed by atoms with Crippen molar-refractivity contribution in [3.8, 4) is 0 Å². The van der Waals surface area contributed by atoms with Crippen molar-refractivity contribution in [2.75, 3.05) is 0 Å². The maximum Gasteiger partial charge on any atom is 0.115 e. The first kappa shape index (κ1) is 11.7. The highest BCUT2D eigenvalue weighted by Crippen LogP contribution is 2.23. The van der Waals surface area contributed by atoms with E-state index in [0.717, 1.165) is 11.1 Å². The first-order valence-corrected chi connectivity index (χ1v) is 5.50. The molecule has 2 aromatic rings. The molecule has 0 aliphatic rings. The molecule has 2 rings (SSSR count). The molecule has 1 heterocycles. The first-order chi connectivity index (χ1) is 8.22. The van der Waals surface area contributed by atoms with E-state index in [1.165, 1.54) is 17.5 Å². The Bertz CT molecular complexity index is 496. The van der Waals surface area contributed by atoms with Crippen LogP contribution in [0.3, 0.4) is 0 Å². The molecular formula is C13H16N4. The van der Waals surface area contributed by atoms with Crippen LogP contribution >= 0.6 is 0 Å². The van der Waals surface area contributed by atoms with Gasteiger partial charge in [-0.1, -0.05) is 23.8 Å². The summed E-state index contributed by atoms with van der Waals surface area (Å²) in [5.74, 6) is 5.64. The van der Waals surface area contributed by atoms with Crippen molar-refractivity contribution >= 4 is 0 Å². The summed E-state index contributed by atoms with van der Waals surface area (Å²) in [4.78, 5) is 8.04. The summed E-state index contributed by atoms with van der Waals surface area (Å²) in [6, 6.07) is 6.24. The van der Waals surface area contributed by atoms with Crippen molar-refractivity contribution in [1.29, 1.82) is 0 Å². The van der Waals surface area contributed by atoms with Gasteiger partial charge in [-0.25, -0.2) is 15.4 Å². The van der Waals surface area contributed by atoms with Gasteiger partial charge >= 0.3 is 0 Å². The highest BCUT2D eigenvalue weighted by molar-refractivity contribution is 5.37. The van der Waals surface area contributed by atoms with Crippen LogP contribution in [0.15, 0.2) is 36.9 Å². The summed E-state index contributed by atoms with van der Waals surface area (Å²) in [7, 11) is 0. The number of aromatic nitrogens is 2. The number of benzene rings is 1. The van der Waals surface area contributed by atoms with Crippen LogP contribution in [0.5, 0.6) is 0 Å². The van der Waals surface area contributed by atoms with Gasteiger partial charge in [0.1, 0.15) is 6.33 Å². The normalized spacial score (nSPS) is 12.4. The predicted octanol–water partition coefficient (Wildman–Crippen LogP) is 1.65. The summed E-state index contributed by atoms with van der Waals surface area (Å²) in [6.07, 6.45) is 5.06. The molecule has 4 nitrogen and oxygen atoms in total. The lowest BCUT2D eigenvalue weighted by atomic mass is 9.96. The third kappa shape index (κ3) is 2.49. The number of hydrogen-bond donors (Lipinski definition) is 2. The van der Waals surface area contributed by atoms with E-state index in [4.69, 9.17) is 5.84 Å². The number of rotatable bonds is 3. The Balaban J connectivity index is 2.42. The van der Waals surface area contributed by atoms with E-state index in [1.54, 1.807) is 12.4 Å². The predicted molar refractivity (Wildman–Crippen MR) is 67.1 cm³/mol. The first-order valence-electron chi connectivity index (χ1n) is 5.50. The second-order valence-corrected chi connectivity index (χ2v) is 4.13. The van der Waals surface area contributed by atoms with Gasteiger partial charge in [0.2, 0.25) is 0 Å². The third-order valence-electron chi connectivity index (χ3n) is 2.82. The molecule has 4 heteroatoms. The SMILES string of the molecule is Cc1ccc(C(NN)c2cncnc2)c(C)c1. The lowest BCUT2D eigenvalue weighted by Gasteiger charge is -2.18. The van der Waals surface area contributed by atoms with Crippen LogP contribution in [0.1, 0.15) is 28.3 Å². The number of nitrogens with two attached hydrogens (primary N) is 1. The second-order valence-electron chi connectivity index (χ2n) is 4.13. The molecule has 0 saturated heterocycles. The molecular weight excluding hydrogens is 212 g/mol. The minimum Gasteiger partial charge on any atom is -0.271 e. The summed E-state index contributed by atoms with van der Waals surface area (Å²) < 4.78 is 0. The molecule has 1 aromatic heterocycles. The fourth-order valence-electron chi connectivity index (χ4n) is 1.97. The van der Waals surface area contributed by atoms with Gasteiger partial charge in [0, 0.05) is 18.0 Å². The molecule has 0 aliphatic heterocycles. The fraction of sp³-hybridized carbons (Fsp3) is 0.231. The molecule has 1 unspecified atom stereocenters. The van der Waals surface area contributed by atoms with Crippen LogP contribution in [0.4, 0.5) is 0 Å². The van der Waals surface area contributed by atoms with Crippen molar-refractivity contribution in [3.05, 3.63) is 59.2 Å². The van der Waals surface area contributed by atoms with Crippen LogP contribution in [0.2, 0.25) is 0 Å². The van der Waals surface area contributed by atoms with E-state index in [-0.39, 0.29) is 6.04 Å². The smallest absolute Gasteiger partial charge is 0.115 e. The maximum absolute atomic E-state index is 5.64. The molecule has 3 N–H and O–H groups in total. The van der Waals surface area contributed by atoms with Gasteiger partial charge in [-0.15, -0.1) is 0 Å². The molecule has 0 fully saturated rings. The Labute approximate surface area is 101 Å². The average Bonchev–Trinajstić information content (AvgIpc) is 2.34. The van der Waals surface area contributed by atoms with Crippen molar-refractivity contribution in [3.63, 3.8) is 0 Å². The number of hydrazine groups is 1. The second kappa shape index (κ2) is 5.03. The third-order valence-corrected chi connectivity index (χ3v) is 2.82. The molecule has 0 amide bonds. The molecule has 17 heavy (non-hydrogen) atoms. The largest absolute Gasteiger partial charge is 0.271 e. The Hall–Kier alpha value is -1.78. The van der Waals surface area contributed by atoms with Crippen LogP contribution in [0, 0.1) is 13.8 Å². The summed E-state index contributed by atoms with van der Waals surface area (Å²) in [5.41, 5.74) is 7.37. The molecule has 0 radical (unpaired) electrons. The topological polar surface area (TPSA) is 63.8 Å². The summed E-state index contributed by atoms with van der Waals surface area (Å²) in [6.45, 7) is 4.16. The molecule has 0 saturated carbocycles. The average molecular weight is 228 g/mol. The van der Waals surface area contributed by atoms with Crippen LogP contribution < -0.4 is 11.3 Å². The van der Waals surface area contributed by atoms with Crippen molar-refractivity contribution in [2.45, 2.75) is 19.9 Å². The van der Waals surface area contributed by atoms with E-state index in [0.29, 0.717) is 0 Å². The number of nitrogens with zero attached hydrogens (tertiary/aromatic N) is 2. The summed E-state index contributed by atoms with van der Waals surface area (Å²) >= 11 is 0. The molecule has 0 spiro atoms. The monoisotopic (exact) mass is 228 g/mol. The maximum atomic E-state index is 5.64.